The monoisotopic (exact) mass is 254 g/mol. The van der Waals surface area contributed by atoms with Crippen molar-refractivity contribution in [3.05, 3.63) is 11.1 Å². The van der Waals surface area contributed by atoms with Gasteiger partial charge in [-0.3, -0.25) is 9.69 Å². The minimum absolute atomic E-state index is 0.00606. The van der Waals surface area contributed by atoms with Crippen LogP contribution >= 0.6 is 11.3 Å². The van der Waals surface area contributed by atoms with Gasteiger partial charge in [0.15, 0.2) is 5.13 Å². The van der Waals surface area contributed by atoms with E-state index in [9.17, 15) is 4.79 Å². The Kier molecular flexibility index (Phi) is 4.09. The van der Waals surface area contributed by atoms with Gasteiger partial charge < -0.3 is 11.1 Å². The Morgan fingerprint density at radius 2 is 2.59 bits per heavy atom. The molecule has 1 saturated heterocycles. The van der Waals surface area contributed by atoms with E-state index in [0.717, 1.165) is 31.6 Å². The van der Waals surface area contributed by atoms with Gasteiger partial charge in [0.25, 0.3) is 0 Å². The van der Waals surface area contributed by atoms with Crippen molar-refractivity contribution < 1.29 is 4.79 Å². The summed E-state index contributed by atoms with van der Waals surface area (Å²) < 4.78 is 0. The molecule has 0 radical (unpaired) electrons. The van der Waals surface area contributed by atoms with E-state index in [2.05, 4.69) is 15.2 Å². The van der Waals surface area contributed by atoms with Crippen LogP contribution in [0.25, 0.3) is 0 Å². The number of aryl methyl sites for hydroxylation is 1. The third kappa shape index (κ3) is 3.76. The van der Waals surface area contributed by atoms with Gasteiger partial charge in [0.1, 0.15) is 0 Å². The molecule has 1 unspecified atom stereocenters. The van der Waals surface area contributed by atoms with Crippen LogP contribution in [0, 0.1) is 6.92 Å². The fourth-order valence-electron chi connectivity index (χ4n) is 2.01. The lowest BCUT2D eigenvalue weighted by Gasteiger charge is -2.29. The third-order valence-electron chi connectivity index (χ3n) is 2.77. The molecule has 2 heterocycles. The van der Waals surface area contributed by atoms with E-state index in [1.807, 2.05) is 12.3 Å². The van der Waals surface area contributed by atoms with E-state index in [0.29, 0.717) is 11.7 Å². The fraction of sp³-hybridized carbons (Fsp3) is 0.636. The van der Waals surface area contributed by atoms with Gasteiger partial charge in [-0.05, 0) is 26.3 Å². The molecule has 1 aliphatic rings. The zero-order chi connectivity index (χ0) is 12.3. The smallest absolute Gasteiger partial charge is 0.240 e. The number of carbonyl (C=O) groups is 1. The summed E-state index contributed by atoms with van der Waals surface area (Å²) in [5.74, 6) is -0.00606. The van der Waals surface area contributed by atoms with Crippen molar-refractivity contribution in [2.24, 2.45) is 5.73 Å². The molecule has 1 amide bonds. The van der Waals surface area contributed by atoms with Gasteiger partial charge in [-0.2, -0.15) is 0 Å². The number of nitrogens with one attached hydrogen (secondary N) is 1. The molecule has 5 nitrogen and oxygen atoms in total. The van der Waals surface area contributed by atoms with Crippen LogP contribution in [0.4, 0.5) is 5.13 Å². The van der Waals surface area contributed by atoms with E-state index < -0.39 is 0 Å². The quantitative estimate of drug-likeness (QED) is 0.837. The van der Waals surface area contributed by atoms with Gasteiger partial charge in [-0.15, -0.1) is 11.3 Å². The number of amides is 1. The molecule has 0 bridgehead atoms. The van der Waals surface area contributed by atoms with Crippen LogP contribution in [0.2, 0.25) is 0 Å². The summed E-state index contributed by atoms with van der Waals surface area (Å²) in [5.41, 5.74) is 6.81. The number of hydrogen-bond donors (Lipinski definition) is 2. The van der Waals surface area contributed by atoms with Gasteiger partial charge in [-0.1, -0.05) is 0 Å². The average Bonchev–Trinajstić information content (AvgIpc) is 2.63. The SMILES string of the molecule is Cc1csc(NC(=O)CN2CCCC(N)C2)n1. The summed E-state index contributed by atoms with van der Waals surface area (Å²) in [4.78, 5) is 18.1. The molecule has 17 heavy (non-hydrogen) atoms. The normalized spacial score (nSPS) is 21.4. The van der Waals surface area contributed by atoms with Crippen LogP contribution in [0.1, 0.15) is 18.5 Å². The lowest BCUT2D eigenvalue weighted by Crippen LogP contribution is -2.45. The standard InChI is InChI=1S/C11H18N4OS/c1-8-7-17-11(13-8)14-10(16)6-15-4-2-3-9(12)5-15/h7,9H,2-6,12H2,1H3,(H,13,14,16). The first-order chi connectivity index (χ1) is 8.13. The molecule has 1 aliphatic heterocycles. The lowest BCUT2D eigenvalue weighted by atomic mass is 10.1. The van der Waals surface area contributed by atoms with Crippen LogP contribution in [-0.4, -0.2) is 41.5 Å². The summed E-state index contributed by atoms with van der Waals surface area (Å²) in [7, 11) is 0. The number of nitrogens with two attached hydrogens (primary N) is 1. The van der Waals surface area contributed by atoms with E-state index in [1.54, 1.807) is 0 Å². The van der Waals surface area contributed by atoms with Crippen molar-refractivity contribution >= 4 is 22.4 Å². The van der Waals surface area contributed by atoms with Gasteiger partial charge in [0.05, 0.1) is 12.2 Å². The number of nitrogens with zero attached hydrogens (tertiary/aromatic N) is 2. The van der Waals surface area contributed by atoms with Crippen LogP contribution in [-0.2, 0) is 4.79 Å². The number of anilines is 1. The Morgan fingerprint density at radius 1 is 1.76 bits per heavy atom. The topological polar surface area (TPSA) is 71.2 Å². The molecule has 0 aliphatic carbocycles. The van der Waals surface area contributed by atoms with Crippen molar-refractivity contribution in [2.45, 2.75) is 25.8 Å². The first-order valence-corrected chi connectivity index (χ1v) is 6.71. The second-order valence-electron chi connectivity index (χ2n) is 4.48. The third-order valence-corrected chi connectivity index (χ3v) is 3.65. The average molecular weight is 254 g/mol. The first kappa shape index (κ1) is 12.5. The Bertz CT molecular complexity index is 393. The largest absolute Gasteiger partial charge is 0.327 e. The van der Waals surface area contributed by atoms with Gasteiger partial charge in [-0.25, -0.2) is 4.98 Å². The molecule has 1 fully saturated rings. The van der Waals surface area contributed by atoms with Crippen molar-refractivity contribution in [2.75, 3.05) is 25.0 Å². The zero-order valence-corrected chi connectivity index (χ0v) is 10.8. The maximum atomic E-state index is 11.8. The summed E-state index contributed by atoms with van der Waals surface area (Å²) >= 11 is 1.45. The molecule has 2 rings (SSSR count). The fourth-order valence-corrected chi connectivity index (χ4v) is 2.71. The maximum absolute atomic E-state index is 11.8. The molecule has 0 aromatic carbocycles. The highest BCUT2D eigenvalue weighted by atomic mass is 32.1. The molecule has 6 heteroatoms. The van der Waals surface area contributed by atoms with E-state index >= 15 is 0 Å². The van der Waals surface area contributed by atoms with E-state index in [-0.39, 0.29) is 11.9 Å². The molecular formula is C11H18N4OS. The lowest BCUT2D eigenvalue weighted by molar-refractivity contribution is -0.117. The van der Waals surface area contributed by atoms with Crippen molar-refractivity contribution in [1.29, 1.82) is 0 Å². The number of rotatable bonds is 3. The highest BCUT2D eigenvalue weighted by molar-refractivity contribution is 7.13. The minimum Gasteiger partial charge on any atom is -0.327 e. The molecule has 0 saturated carbocycles. The number of likely N-dealkylation sites (tertiary alicyclic amines) is 1. The molecule has 94 valence electrons. The Labute approximate surface area is 105 Å². The van der Waals surface area contributed by atoms with E-state index in [1.165, 1.54) is 11.3 Å². The predicted molar refractivity (Wildman–Crippen MR) is 69.1 cm³/mol. The maximum Gasteiger partial charge on any atom is 0.240 e. The molecule has 1 aromatic heterocycles. The molecule has 1 aromatic rings. The second-order valence-corrected chi connectivity index (χ2v) is 5.34. The van der Waals surface area contributed by atoms with Crippen LogP contribution < -0.4 is 11.1 Å². The minimum atomic E-state index is -0.00606. The number of piperidine rings is 1. The summed E-state index contributed by atoms with van der Waals surface area (Å²) in [5, 5.41) is 5.41. The van der Waals surface area contributed by atoms with Crippen LogP contribution in [0.5, 0.6) is 0 Å². The van der Waals surface area contributed by atoms with Gasteiger partial charge >= 0.3 is 0 Å². The number of carbonyl (C=O) groups excluding carboxylic acids is 1. The number of thiazole rings is 1. The van der Waals surface area contributed by atoms with E-state index in [4.69, 9.17) is 5.73 Å². The first-order valence-electron chi connectivity index (χ1n) is 5.83. The summed E-state index contributed by atoms with van der Waals surface area (Å²) in [6, 6.07) is 0.207. The Hall–Kier alpha value is -0.980. The molecule has 3 N–H and O–H groups in total. The van der Waals surface area contributed by atoms with Crippen molar-refractivity contribution in [3.8, 4) is 0 Å². The van der Waals surface area contributed by atoms with Crippen LogP contribution in [0.3, 0.4) is 0 Å². The van der Waals surface area contributed by atoms with Gasteiger partial charge in [0, 0.05) is 18.0 Å². The number of hydrogen-bond acceptors (Lipinski definition) is 5. The highest BCUT2D eigenvalue weighted by Crippen LogP contribution is 2.14. The zero-order valence-electron chi connectivity index (χ0n) is 9.98. The highest BCUT2D eigenvalue weighted by Gasteiger charge is 2.19. The van der Waals surface area contributed by atoms with Crippen LogP contribution in [0.15, 0.2) is 5.38 Å². The van der Waals surface area contributed by atoms with Crippen molar-refractivity contribution in [3.63, 3.8) is 0 Å². The second kappa shape index (κ2) is 5.57. The Morgan fingerprint density at radius 3 is 3.24 bits per heavy atom. The van der Waals surface area contributed by atoms with Gasteiger partial charge in [0.2, 0.25) is 5.91 Å². The predicted octanol–water partition coefficient (Wildman–Crippen LogP) is 0.813. The number of aromatic nitrogens is 1. The molecular weight excluding hydrogens is 236 g/mol. The summed E-state index contributed by atoms with van der Waals surface area (Å²) in [6.07, 6.45) is 2.13. The molecule has 0 spiro atoms. The molecule has 1 atom stereocenters. The Balaban J connectivity index is 1.80. The van der Waals surface area contributed by atoms with Crippen molar-refractivity contribution in [1.82, 2.24) is 9.88 Å². The summed E-state index contributed by atoms with van der Waals surface area (Å²) in [6.45, 7) is 4.09.